The zero-order valence-corrected chi connectivity index (χ0v) is 17.8. The summed E-state index contributed by atoms with van der Waals surface area (Å²) in [6, 6.07) is 4.55. The van der Waals surface area contributed by atoms with E-state index in [9.17, 15) is 13.2 Å². The Bertz CT molecular complexity index is 748. The molecule has 1 heterocycles. The van der Waals surface area contributed by atoms with Gasteiger partial charge in [0.15, 0.2) is 11.5 Å². The predicted octanol–water partition coefficient (Wildman–Crippen LogP) is 1.32. The van der Waals surface area contributed by atoms with Gasteiger partial charge in [0.2, 0.25) is 15.9 Å². The summed E-state index contributed by atoms with van der Waals surface area (Å²) in [5.74, 6) is 0.817. The summed E-state index contributed by atoms with van der Waals surface area (Å²) in [6.07, 6.45) is 1.77. The van der Waals surface area contributed by atoms with Crippen LogP contribution in [0.25, 0.3) is 0 Å². The van der Waals surface area contributed by atoms with Crippen LogP contribution in [0.2, 0.25) is 0 Å². The maximum absolute atomic E-state index is 13.2. The third kappa shape index (κ3) is 5.59. The first-order valence-corrected chi connectivity index (χ1v) is 11.1. The lowest BCUT2D eigenvalue weighted by Gasteiger charge is -2.29. The van der Waals surface area contributed by atoms with E-state index in [0.29, 0.717) is 31.1 Å². The molecule has 1 aromatic rings. The molecule has 1 amide bonds. The number of sulfonamides is 1. The molecule has 0 aromatic heterocycles. The molecule has 0 saturated carbocycles. The summed E-state index contributed by atoms with van der Waals surface area (Å²) in [6.45, 7) is 5.42. The minimum atomic E-state index is -3.74. The molecular weight excluding hydrogens is 382 g/mol. The van der Waals surface area contributed by atoms with Crippen LogP contribution in [0.3, 0.4) is 0 Å². The number of carbonyl (C=O) groups excluding carboxylic acids is 1. The number of benzene rings is 1. The molecule has 1 N–H and O–H groups in total. The van der Waals surface area contributed by atoms with Gasteiger partial charge in [-0.25, -0.2) is 8.42 Å². The number of ether oxygens (including phenoxy) is 2. The molecule has 0 atom stereocenters. The SMILES string of the molecule is CCCCN(CCC(=O)N1CCNCC1)S(=O)(=O)c1ccc(OC)c(OC)c1. The van der Waals surface area contributed by atoms with E-state index in [1.54, 1.807) is 11.0 Å². The maximum Gasteiger partial charge on any atom is 0.243 e. The number of carbonyl (C=O) groups is 1. The molecule has 0 unspecified atom stereocenters. The number of amides is 1. The first kappa shape index (κ1) is 22.4. The Morgan fingerprint density at radius 1 is 1.14 bits per heavy atom. The largest absolute Gasteiger partial charge is 0.493 e. The summed E-state index contributed by atoms with van der Waals surface area (Å²) >= 11 is 0. The zero-order chi connectivity index (χ0) is 20.6. The Hall–Kier alpha value is -1.84. The lowest BCUT2D eigenvalue weighted by atomic mass is 10.3. The van der Waals surface area contributed by atoms with Gasteiger partial charge in [0.1, 0.15) is 0 Å². The number of methoxy groups -OCH3 is 2. The highest BCUT2D eigenvalue weighted by atomic mass is 32.2. The van der Waals surface area contributed by atoms with Crippen molar-refractivity contribution in [3.63, 3.8) is 0 Å². The second kappa shape index (κ2) is 10.6. The highest BCUT2D eigenvalue weighted by molar-refractivity contribution is 7.89. The van der Waals surface area contributed by atoms with E-state index in [4.69, 9.17) is 9.47 Å². The first-order chi connectivity index (χ1) is 13.4. The van der Waals surface area contributed by atoms with E-state index in [0.717, 1.165) is 25.9 Å². The van der Waals surface area contributed by atoms with Gasteiger partial charge in [-0.3, -0.25) is 4.79 Å². The molecule has 1 aliphatic heterocycles. The van der Waals surface area contributed by atoms with Crippen LogP contribution in [0.1, 0.15) is 26.2 Å². The molecule has 0 spiro atoms. The van der Waals surface area contributed by atoms with Crippen molar-refractivity contribution in [2.45, 2.75) is 31.1 Å². The molecule has 1 fully saturated rings. The van der Waals surface area contributed by atoms with Gasteiger partial charge in [-0.2, -0.15) is 4.31 Å². The molecule has 9 heteroatoms. The van der Waals surface area contributed by atoms with Gasteiger partial charge in [0, 0.05) is 51.8 Å². The second-order valence-corrected chi connectivity index (χ2v) is 8.59. The van der Waals surface area contributed by atoms with Gasteiger partial charge in [0.25, 0.3) is 0 Å². The van der Waals surface area contributed by atoms with Crippen LogP contribution in [0.4, 0.5) is 0 Å². The fourth-order valence-corrected chi connectivity index (χ4v) is 4.60. The molecule has 1 saturated heterocycles. The minimum Gasteiger partial charge on any atom is -0.493 e. The molecule has 2 rings (SSSR count). The van der Waals surface area contributed by atoms with Crippen LogP contribution in [0, 0.1) is 0 Å². The van der Waals surface area contributed by atoms with Crippen molar-refractivity contribution in [3.8, 4) is 11.5 Å². The Balaban J connectivity index is 2.16. The topological polar surface area (TPSA) is 88.2 Å². The fraction of sp³-hybridized carbons (Fsp3) is 0.632. The van der Waals surface area contributed by atoms with Crippen LogP contribution in [-0.2, 0) is 14.8 Å². The van der Waals surface area contributed by atoms with Crippen LogP contribution < -0.4 is 14.8 Å². The van der Waals surface area contributed by atoms with Gasteiger partial charge in [-0.05, 0) is 18.6 Å². The lowest BCUT2D eigenvalue weighted by Crippen LogP contribution is -2.47. The quantitative estimate of drug-likeness (QED) is 0.622. The number of hydrogen-bond donors (Lipinski definition) is 1. The number of piperazine rings is 1. The van der Waals surface area contributed by atoms with E-state index < -0.39 is 10.0 Å². The summed E-state index contributed by atoms with van der Waals surface area (Å²) < 4.78 is 38.2. The average molecular weight is 414 g/mol. The van der Waals surface area contributed by atoms with Gasteiger partial charge < -0.3 is 19.7 Å². The molecule has 1 aromatic carbocycles. The smallest absolute Gasteiger partial charge is 0.243 e. The Kier molecular flexibility index (Phi) is 8.53. The summed E-state index contributed by atoms with van der Waals surface area (Å²) in [5, 5.41) is 3.21. The molecule has 158 valence electrons. The molecule has 8 nitrogen and oxygen atoms in total. The Labute approximate surface area is 167 Å². The van der Waals surface area contributed by atoms with E-state index in [2.05, 4.69) is 5.32 Å². The monoisotopic (exact) mass is 413 g/mol. The Morgan fingerprint density at radius 3 is 2.43 bits per heavy atom. The van der Waals surface area contributed by atoms with Crippen LogP contribution in [0.15, 0.2) is 23.1 Å². The third-order valence-corrected chi connectivity index (χ3v) is 6.69. The van der Waals surface area contributed by atoms with Gasteiger partial charge in [0.05, 0.1) is 19.1 Å². The maximum atomic E-state index is 13.2. The van der Waals surface area contributed by atoms with Crippen molar-refractivity contribution in [2.75, 3.05) is 53.5 Å². The van der Waals surface area contributed by atoms with Crippen LogP contribution in [-0.4, -0.2) is 77.0 Å². The van der Waals surface area contributed by atoms with Crippen molar-refractivity contribution < 1.29 is 22.7 Å². The molecule has 0 bridgehead atoms. The number of rotatable bonds is 10. The molecular formula is C19H31N3O5S. The van der Waals surface area contributed by atoms with Crippen molar-refractivity contribution in [1.82, 2.24) is 14.5 Å². The summed E-state index contributed by atoms with van der Waals surface area (Å²) in [7, 11) is -0.774. The van der Waals surface area contributed by atoms with Crippen molar-refractivity contribution in [3.05, 3.63) is 18.2 Å². The average Bonchev–Trinajstić information content (AvgIpc) is 2.73. The number of hydrogen-bond acceptors (Lipinski definition) is 6. The fourth-order valence-electron chi connectivity index (χ4n) is 3.11. The van der Waals surface area contributed by atoms with E-state index in [-0.39, 0.29) is 23.8 Å². The van der Waals surface area contributed by atoms with Gasteiger partial charge in [-0.1, -0.05) is 13.3 Å². The zero-order valence-electron chi connectivity index (χ0n) is 16.9. The van der Waals surface area contributed by atoms with Crippen LogP contribution >= 0.6 is 0 Å². The minimum absolute atomic E-state index is 0.00879. The molecule has 0 aliphatic carbocycles. The predicted molar refractivity (Wildman–Crippen MR) is 107 cm³/mol. The third-order valence-electron chi connectivity index (χ3n) is 4.80. The number of nitrogens with zero attached hydrogens (tertiary/aromatic N) is 2. The highest BCUT2D eigenvalue weighted by Gasteiger charge is 2.27. The second-order valence-electron chi connectivity index (χ2n) is 6.66. The molecule has 1 aliphatic rings. The summed E-state index contributed by atoms with van der Waals surface area (Å²) in [5.41, 5.74) is 0. The van der Waals surface area contributed by atoms with Gasteiger partial charge in [-0.15, -0.1) is 0 Å². The molecule has 0 radical (unpaired) electrons. The lowest BCUT2D eigenvalue weighted by molar-refractivity contribution is -0.131. The number of nitrogens with one attached hydrogen (secondary N) is 1. The van der Waals surface area contributed by atoms with E-state index >= 15 is 0 Å². The van der Waals surface area contributed by atoms with Crippen molar-refractivity contribution >= 4 is 15.9 Å². The first-order valence-electron chi connectivity index (χ1n) is 9.64. The Morgan fingerprint density at radius 2 is 1.82 bits per heavy atom. The van der Waals surface area contributed by atoms with E-state index in [1.165, 1.54) is 30.7 Å². The highest BCUT2D eigenvalue weighted by Crippen LogP contribution is 2.30. The van der Waals surface area contributed by atoms with Crippen molar-refractivity contribution in [1.29, 1.82) is 0 Å². The molecule has 28 heavy (non-hydrogen) atoms. The standard InChI is InChI=1S/C19H31N3O5S/c1-4-5-11-22(12-8-19(23)21-13-9-20-10-14-21)28(24,25)16-6-7-17(26-2)18(15-16)27-3/h6-7,15,20H,4-5,8-14H2,1-3H3. The normalized spacial score (nSPS) is 14.9. The van der Waals surface area contributed by atoms with Crippen LogP contribution in [0.5, 0.6) is 11.5 Å². The van der Waals surface area contributed by atoms with E-state index in [1.807, 2.05) is 6.92 Å². The summed E-state index contributed by atoms with van der Waals surface area (Å²) in [4.78, 5) is 14.4. The number of unbranched alkanes of at least 4 members (excludes halogenated alkanes) is 1. The van der Waals surface area contributed by atoms with Crippen molar-refractivity contribution in [2.24, 2.45) is 0 Å². The van der Waals surface area contributed by atoms with Gasteiger partial charge >= 0.3 is 0 Å².